The molecule has 5 rings (SSSR count). The Balaban J connectivity index is 1.33. The summed E-state index contributed by atoms with van der Waals surface area (Å²) in [7, 11) is 3.54. The number of methoxy groups -OCH3 is 1. The van der Waals surface area contributed by atoms with Crippen LogP contribution in [0.15, 0.2) is 42.5 Å². The van der Waals surface area contributed by atoms with Crippen LogP contribution < -0.4 is 20.3 Å². The second kappa shape index (κ2) is 11.6. The van der Waals surface area contributed by atoms with Crippen molar-refractivity contribution in [2.75, 3.05) is 69.0 Å². The summed E-state index contributed by atoms with van der Waals surface area (Å²) in [5.74, 6) is 0.453. The van der Waals surface area contributed by atoms with Crippen LogP contribution in [-0.2, 0) is 6.54 Å². The van der Waals surface area contributed by atoms with Crippen LogP contribution in [0.5, 0.6) is 5.75 Å². The van der Waals surface area contributed by atoms with Crippen molar-refractivity contribution in [2.45, 2.75) is 6.54 Å². The minimum absolute atomic E-state index is 0.0628. The van der Waals surface area contributed by atoms with Crippen molar-refractivity contribution in [3.63, 3.8) is 0 Å². The van der Waals surface area contributed by atoms with Crippen LogP contribution in [0, 0.1) is 0 Å². The second-order valence-corrected chi connectivity index (χ2v) is 10.4. The van der Waals surface area contributed by atoms with E-state index in [1.165, 1.54) is 7.11 Å². The highest BCUT2D eigenvalue weighted by Gasteiger charge is 2.24. The van der Waals surface area contributed by atoms with Gasteiger partial charge in [0.1, 0.15) is 5.75 Å². The zero-order valence-electron chi connectivity index (χ0n) is 21.7. The molecule has 2 N–H and O–H groups in total. The van der Waals surface area contributed by atoms with E-state index in [4.69, 9.17) is 27.9 Å². The van der Waals surface area contributed by atoms with Crippen LogP contribution >= 0.6 is 23.2 Å². The molecule has 204 valence electrons. The van der Waals surface area contributed by atoms with Gasteiger partial charge in [0.05, 0.1) is 18.5 Å². The predicted octanol–water partition coefficient (Wildman–Crippen LogP) is 3.86. The molecule has 2 aliphatic heterocycles. The van der Waals surface area contributed by atoms with Gasteiger partial charge in [-0.15, -0.1) is 10.2 Å². The van der Waals surface area contributed by atoms with E-state index in [2.05, 4.69) is 30.6 Å². The van der Waals surface area contributed by atoms with Crippen molar-refractivity contribution in [1.82, 2.24) is 20.0 Å². The van der Waals surface area contributed by atoms with Gasteiger partial charge in [-0.1, -0.05) is 23.2 Å². The van der Waals surface area contributed by atoms with Gasteiger partial charge >= 0.3 is 0 Å². The Morgan fingerprint density at radius 2 is 1.82 bits per heavy atom. The van der Waals surface area contributed by atoms with E-state index in [1.54, 1.807) is 36.4 Å². The van der Waals surface area contributed by atoms with Gasteiger partial charge in [-0.3, -0.25) is 9.59 Å². The standard InChI is InChI=1S/C27H29Cl2N7O3/c1-34-9-11-35(12-10-34)27(38)17-3-6-21(24(14-17)39-2)31-26(37)22-15-23-25(33-32-22)30-7-8-36(23)16-18-13-19(28)4-5-20(18)29/h3-6,13-15H,7-12,16H2,1-2H3,(H,30,33)(H,31,37). The summed E-state index contributed by atoms with van der Waals surface area (Å²) < 4.78 is 5.50. The van der Waals surface area contributed by atoms with Gasteiger partial charge in [-0.05, 0) is 55.1 Å². The Hall–Kier alpha value is -3.60. The number of anilines is 3. The Kier molecular flexibility index (Phi) is 8.06. The Labute approximate surface area is 236 Å². The molecule has 2 aliphatic rings. The number of carbonyl (C=O) groups excluding carboxylic acids is 2. The molecule has 1 saturated heterocycles. The number of aromatic nitrogens is 2. The van der Waals surface area contributed by atoms with E-state index < -0.39 is 5.91 Å². The van der Waals surface area contributed by atoms with Crippen molar-refractivity contribution >= 4 is 52.2 Å². The minimum Gasteiger partial charge on any atom is -0.495 e. The molecule has 0 saturated carbocycles. The number of fused-ring (bicyclic) bond motifs is 1. The third-order valence-electron chi connectivity index (χ3n) is 6.88. The maximum absolute atomic E-state index is 13.2. The lowest BCUT2D eigenvalue weighted by Gasteiger charge is -2.32. The average molecular weight is 570 g/mol. The van der Waals surface area contributed by atoms with Crippen molar-refractivity contribution in [2.24, 2.45) is 0 Å². The second-order valence-electron chi connectivity index (χ2n) is 9.51. The molecule has 0 atom stereocenters. The van der Waals surface area contributed by atoms with Crippen LogP contribution in [0.25, 0.3) is 0 Å². The summed E-state index contributed by atoms with van der Waals surface area (Å²) in [5, 5.41) is 15.6. The van der Waals surface area contributed by atoms with Crippen LogP contribution in [0.1, 0.15) is 26.4 Å². The number of rotatable bonds is 6. The molecule has 0 aliphatic carbocycles. The predicted molar refractivity (Wildman–Crippen MR) is 152 cm³/mol. The van der Waals surface area contributed by atoms with Crippen LogP contribution in [0.3, 0.4) is 0 Å². The Morgan fingerprint density at radius 3 is 2.59 bits per heavy atom. The van der Waals surface area contributed by atoms with Gasteiger partial charge in [0.25, 0.3) is 11.8 Å². The summed E-state index contributed by atoms with van der Waals surface area (Å²) in [5.41, 5.74) is 2.68. The third-order valence-corrected chi connectivity index (χ3v) is 7.48. The van der Waals surface area contributed by atoms with Gasteiger partial charge in [-0.25, -0.2) is 0 Å². The molecule has 1 fully saturated rings. The molecule has 12 heteroatoms. The quantitative estimate of drug-likeness (QED) is 0.461. The summed E-state index contributed by atoms with van der Waals surface area (Å²) in [6.07, 6.45) is 0. The Morgan fingerprint density at radius 1 is 1.03 bits per heavy atom. The number of ether oxygens (including phenoxy) is 1. The van der Waals surface area contributed by atoms with E-state index in [0.29, 0.717) is 65.6 Å². The molecule has 1 aromatic heterocycles. The summed E-state index contributed by atoms with van der Waals surface area (Å²) >= 11 is 12.6. The van der Waals surface area contributed by atoms with Crippen molar-refractivity contribution < 1.29 is 14.3 Å². The van der Waals surface area contributed by atoms with E-state index in [-0.39, 0.29) is 11.6 Å². The largest absolute Gasteiger partial charge is 0.495 e. The zero-order chi connectivity index (χ0) is 27.5. The minimum atomic E-state index is -0.451. The fourth-order valence-electron chi connectivity index (χ4n) is 4.63. The van der Waals surface area contributed by atoms with Crippen LogP contribution in [-0.4, -0.2) is 85.2 Å². The highest BCUT2D eigenvalue weighted by atomic mass is 35.5. The van der Waals surface area contributed by atoms with Crippen LogP contribution in [0.2, 0.25) is 10.0 Å². The fourth-order valence-corrected chi connectivity index (χ4v) is 5.00. The van der Waals surface area contributed by atoms with Crippen molar-refractivity contribution in [1.29, 1.82) is 0 Å². The van der Waals surface area contributed by atoms with Crippen molar-refractivity contribution in [3.05, 3.63) is 69.3 Å². The first-order valence-electron chi connectivity index (χ1n) is 12.6. The molecule has 0 unspecified atom stereocenters. The smallest absolute Gasteiger partial charge is 0.276 e. The third kappa shape index (κ3) is 6.03. The lowest BCUT2D eigenvalue weighted by Crippen LogP contribution is -2.47. The molecule has 3 aromatic rings. The lowest BCUT2D eigenvalue weighted by atomic mass is 10.1. The van der Waals surface area contributed by atoms with E-state index in [0.717, 1.165) is 24.3 Å². The summed E-state index contributed by atoms with van der Waals surface area (Å²) in [6, 6.07) is 12.0. The zero-order valence-corrected chi connectivity index (χ0v) is 23.2. The molecule has 39 heavy (non-hydrogen) atoms. The maximum Gasteiger partial charge on any atom is 0.276 e. The van der Waals surface area contributed by atoms with E-state index in [1.807, 2.05) is 18.0 Å². The van der Waals surface area contributed by atoms with E-state index in [9.17, 15) is 9.59 Å². The number of carbonyl (C=O) groups is 2. The number of benzene rings is 2. The van der Waals surface area contributed by atoms with Crippen molar-refractivity contribution in [3.8, 4) is 5.75 Å². The summed E-state index contributed by atoms with van der Waals surface area (Å²) in [6.45, 7) is 4.85. The molecule has 0 spiro atoms. The number of hydrogen-bond acceptors (Lipinski definition) is 8. The molecule has 3 heterocycles. The number of hydrogen-bond donors (Lipinski definition) is 2. The van der Waals surface area contributed by atoms with Gasteiger partial charge in [-0.2, -0.15) is 0 Å². The molecule has 10 nitrogen and oxygen atoms in total. The topological polar surface area (TPSA) is 103 Å². The molecule has 2 aromatic carbocycles. The first-order chi connectivity index (χ1) is 18.8. The number of nitrogens with zero attached hydrogens (tertiary/aromatic N) is 5. The number of halogens is 2. The van der Waals surface area contributed by atoms with Gasteiger partial charge < -0.3 is 30.1 Å². The van der Waals surface area contributed by atoms with Gasteiger partial charge in [0.15, 0.2) is 11.5 Å². The molecular formula is C27H29Cl2N7O3. The van der Waals surface area contributed by atoms with Crippen LogP contribution in [0.4, 0.5) is 17.2 Å². The first-order valence-corrected chi connectivity index (χ1v) is 13.4. The molecule has 0 radical (unpaired) electrons. The highest BCUT2D eigenvalue weighted by Crippen LogP contribution is 2.32. The number of amides is 2. The average Bonchev–Trinajstić information content (AvgIpc) is 2.95. The number of piperazine rings is 1. The lowest BCUT2D eigenvalue weighted by molar-refractivity contribution is 0.0663. The molecular weight excluding hydrogens is 541 g/mol. The number of likely N-dealkylation sites (N-methyl/N-ethyl adjacent to an activating group) is 1. The number of nitrogens with one attached hydrogen (secondary N) is 2. The Bertz CT molecular complexity index is 1400. The highest BCUT2D eigenvalue weighted by molar-refractivity contribution is 6.33. The normalized spacial score (nSPS) is 15.4. The SMILES string of the molecule is COc1cc(C(=O)N2CCN(C)CC2)ccc1NC(=O)c1cc2c(nn1)NCCN2Cc1cc(Cl)ccc1Cl. The molecule has 2 amide bonds. The fraction of sp³-hybridized carbons (Fsp3) is 0.333. The van der Waals surface area contributed by atoms with Gasteiger partial charge in [0.2, 0.25) is 0 Å². The summed E-state index contributed by atoms with van der Waals surface area (Å²) in [4.78, 5) is 32.3. The molecule has 0 bridgehead atoms. The maximum atomic E-state index is 13.2. The monoisotopic (exact) mass is 569 g/mol. The first kappa shape index (κ1) is 27.0. The van der Waals surface area contributed by atoms with Gasteiger partial charge in [0, 0.05) is 61.4 Å². The van der Waals surface area contributed by atoms with E-state index >= 15 is 0 Å².